The first-order chi connectivity index (χ1) is 19.2. The van der Waals surface area contributed by atoms with Crippen LogP contribution in [0, 0.1) is 0 Å². The summed E-state index contributed by atoms with van der Waals surface area (Å²) in [6.07, 6.45) is -5.01. The van der Waals surface area contributed by atoms with Gasteiger partial charge in [-0.3, -0.25) is 4.79 Å². The minimum absolute atomic E-state index is 0.254. The lowest BCUT2D eigenvalue weighted by Gasteiger charge is -2.42. The predicted octanol–water partition coefficient (Wildman–Crippen LogP) is 8.73. The van der Waals surface area contributed by atoms with Crippen LogP contribution in [0.5, 0.6) is 0 Å². The molecule has 1 amide bonds. The summed E-state index contributed by atoms with van der Waals surface area (Å²) in [5.74, 6) is -1.14. The number of halogens is 3. The van der Waals surface area contributed by atoms with Crippen molar-refractivity contribution in [1.82, 2.24) is 4.90 Å². The monoisotopic (exact) mass is 539 g/mol. The highest BCUT2D eigenvalue weighted by Crippen LogP contribution is 2.51. The lowest BCUT2D eigenvalue weighted by atomic mass is 9.87. The smallest absolute Gasteiger partial charge is 0.356 e. The molecule has 0 saturated heterocycles. The van der Waals surface area contributed by atoms with E-state index < -0.39 is 29.8 Å². The molecule has 40 heavy (non-hydrogen) atoms. The molecule has 3 nitrogen and oxygen atoms in total. The molecule has 3 atom stereocenters. The van der Waals surface area contributed by atoms with E-state index in [1.165, 1.54) is 29.2 Å². The molecule has 0 aromatic heterocycles. The van der Waals surface area contributed by atoms with Crippen molar-refractivity contribution < 1.29 is 22.7 Å². The Morgan fingerprint density at radius 2 is 1.30 bits per heavy atom. The van der Waals surface area contributed by atoms with E-state index in [2.05, 4.69) is 6.07 Å². The molecule has 0 unspecified atom stereocenters. The number of ether oxygens (including phenoxy) is 1. The molecule has 0 radical (unpaired) electrons. The molecule has 0 bridgehead atoms. The Morgan fingerprint density at radius 1 is 0.725 bits per heavy atom. The molecular formula is C34H28F3NO2. The maximum absolute atomic E-state index is 15.1. The molecule has 6 heteroatoms. The van der Waals surface area contributed by atoms with Crippen molar-refractivity contribution >= 4 is 27.5 Å². The summed E-state index contributed by atoms with van der Waals surface area (Å²) in [7, 11) is 0.953. The van der Waals surface area contributed by atoms with Gasteiger partial charge in [0.1, 0.15) is 0 Å². The summed E-state index contributed by atoms with van der Waals surface area (Å²) >= 11 is 0. The summed E-state index contributed by atoms with van der Waals surface area (Å²) in [4.78, 5) is 15.9. The minimum atomic E-state index is -5.01. The quantitative estimate of drug-likeness (QED) is 0.229. The third kappa shape index (κ3) is 3.74. The molecule has 0 saturated carbocycles. The molecule has 1 heterocycles. The van der Waals surface area contributed by atoms with E-state index in [1.54, 1.807) is 19.9 Å². The summed E-state index contributed by atoms with van der Waals surface area (Å²) in [6, 6.07) is 29.7. The van der Waals surface area contributed by atoms with Crippen molar-refractivity contribution in [2.75, 3.05) is 7.11 Å². The third-order valence-corrected chi connectivity index (χ3v) is 8.30. The van der Waals surface area contributed by atoms with E-state index >= 15 is 13.2 Å². The molecule has 5 aromatic rings. The first-order valence-corrected chi connectivity index (χ1v) is 13.2. The lowest BCUT2D eigenvalue weighted by Crippen LogP contribution is -2.57. The second-order valence-electron chi connectivity index (χ2n) is 10.4. The van der Waals surface area contributed by atoms with E-state index in [9.17, 15) is 4.79 Å². The van der Waals surface area contributed by atoms with Gasteiger partial charge in [-0.25, -0.2) is 0 Å². The third-order valence-electron chi connectivity index (χ3n) is 8.30. The highest BCUT2D eigenvalue weighted by atomic mass is 19.4. The summed E-state index contributed by atoms with van der Waals surface area (Å²) < 4.78 is 50.4. The summed E-state index contributed by atoms with van der Waals surface area (Å²) in [5.41, 5.74) is -0.00791. The van der Waals surface area contributed by atoms with Crippen LogP contribution in [0.3, 0.4) is 0 Å². The number of carbonyl (C=O) groups is 1. The van der Waals surface area contributed by atoms with E-state index in [-0.39, 0.29) is 5.56 Å². The predicted molar refractivity (Wildman–Crippen MR) is 152 cm³/mol. The minimum Gasteiger partial charge on any atom is -0.356 e. The SMILES string of the molecule is CO[C@@](C(=O)N1[C@@H](C)c2cc3ccccc3cc2-c2c(ccc3ccccc23)[C@@H]1C)(c1ccccc1)C(F)(F)F. The van der Waals surface area contributed by atoms with Crippen LogP contribution in [0.1, 0.15) is 42.6 Å². The Balaban J connectivity index is 1.67. The number of benzene rings is 5. The van der Waals surface area contributed by atoms with Gasteiger partial charge in [0, 0.05) is 12.7 Å². The number of hydrogen-bond donors (Lipinski definition) is 0. The fourth-order valence-corrected chi connectivity index (χ4v) is 6.33. The molecule has 5 aromatic carbocycles. The zero-order valence-corrected chi connectivity index (χ0v) is 22.4. The van der Waals surface area contributed by atoms with Crippen LogP contribution >= 0.6 is 0 Å². The fraction of sp³-hybridized carbons (Fsp3) is 0.206. The average Bonchev–Trinajstić information content (AvgIpc) is 3.04. The van der Waals surface area contributed by atoms with Crippen LogP contribution in [-0.2, 0) is 15.1 Å². The maximum atomic E-state index is 15.1. The van der Waals surface area contributed by atoms with Crippen molar-refractivity contribution in [2.24, 2.45) is 0 Å². The van der Waals surface area contributed by atoms with E-state index in [4.69, 9.17) is 4.74 Å². The molecule has 202 valence electrons. The maximum Gasteiger partial charge on any atom is 0.430 e. The van der Waals surface area contributed by atoms with Crippen LogP contribution in [0.25, 0.3) is 32.7 Å². The number of fused-ring (bicyclic) bond motifs is 6. The van der Waals surface area contributed by atoms with E-state index in [0.717, 1.165) is 50.9 Å². The second-order valence-corrected chi connectivity index (χ2v) is 10.4. The van der Waals surface area contributed by atoms with Crippen LogP contribution in [0.15, 0.2) is 103 Å². The first kappa shape index (κ1) is 26.1. The van der Waals surface area contributed by atoms with E-state index in [1.807, 2.05) is 66.7 Å². The molecule has 0 N–H and O–H groups in total. The Morgan fingerprint density at radius 3 is 1.95 bits per heavy atom. The van der Waals surface area contributed by atoms with Crippen LogP contribution in [0.4, 0.5) is 13.2 Å². The lowest BCUT2D eigenvalue weighted by molar-refractivity contribution is -0.272. The van der Waals surface area contributed by atoms with Crippen molar-refractivity contribution in [3.63, 3.8) is 0 Å². The van der Waals surface area contributed by atoms with Gasteiger partial charge < -0.3 is 9.64 Å². The van der Waals surface area contributed by atoms with Gasteiger partial charge in [-0.1, -0.05) is 91.0 Å². The number of methoxy groups -OCH3 is 1. The van der Waals surface area contributed by atoms with Crippen LogP contribution in [0.2, 0.25) is 0 Å². The molecule has 0 spiro atoms. The van der Waals surface area contributed by atoms with Gasteiger partial charge in [0.05, 0.1) is 12.1 Å². The van der Waals surface area contributed by atoms with E-state index in [0.29, 0.717) is 0 Å². The van der Waals surface area contributed by atoms with Crippen molar-refractivity contribution in [3.8, 4) is 11.1 Å². The molecule has 1 aliphatic rings. The number of nitrogens with zero attached hydrogens (tertiary/aromatic N) is 1. The normalized spacial score (nSPS) is 18.6. The Labute approximate surface area is 230 Å². The standard InChI is InChI=1S/C34H28F3NO2/c1-21-27-18-17-23-11-9-10-16-28(23)31(27)30-20-25-13-8-7-12-24(25)19-29(30)22(2)38(21)32(39)33(40-3,34(35,36)37)26-14-5-4-6-15-26/h4-22H,1-3H3/t21-,22-,33+/m0/s1. The molecule has 6 rings (SSSR count). The van der Waals surface area contributed by atoms with Gasteiger partial charge in [-0.05, 0) is 69.8 Å². The fourth-order valence-electron chi connectivity index (χ4n) is 6.33. The number of carbonyl (C=O) groups excluding carboxylic acids is 1. The summed E-state index contributed by atoms with van der Waals surface area (Å²) in [6.45, 7) is 3.60. The Kier molecular flexibility index (Phi) is 6.19. The van der Waals surface area contributed by atoms with Crippen LogP contribution < -0.4 is 0 Å². The van der Waals surface area contributed by atoms with Crippen molar-refractivity contribution in [2.45, 2.75) is 37.7 Å². The highest BCUT2D eigenvalue weighted by Gasteiger charge is 2.64. The zero-order valence-electron chi connectivity index (χ0n) is 22.4. The van der Waals surface area contributed by atoms with Gasteiger partial charge in [-0.15, -0.1) is 0 Å². The molecule has 1 aliphatic heterocycles. The van der Waals surface area contributed by atoms with Gasteiger partial charge in [0.25, 0.3) is 11.5 Å². The zero-order chi connectivity index (χ0) is 28.2. The largest absolute Gasteiger partial charge is 0.430 e. The van der Waals surface area contributed by atoms with Gasteiger partial charge in [0.2, 0.25) is 0 Å². The topological polar surface area (TPSA) is 29.5 Å². The number of rotatable bonds is 3. The Bertz CT molecular complexity index is 1750. The second kappa shape index (κ2) is 9.49. The number of hydrogen-bond acceptors (Lipinski definition) is 2. The average molecular weight is 540 g/mol. The molecular weight excluding hydrogens is 511 g/mol. The van der Waals surface area contributed by atoms with Crippen molar-refractivity contribution in [1.29, 1.82) is 0 Å². The summed E-state index contributed by atoms with van der Waals surface area (Å²) in [5, 5.41) is 3.98. The molecule has 0 aliphatic carbocycles. The first-order valence-electron chi connectivity index (χ1n) is 13.2. The number of alkyl halides is 3. The molecule has 0 fully saturated rings. The number of amides is 1. The Hall–Kier alpha value is -4.16. The van der Waals surface area contributed by atoms with Gasteiger partial charge in [0.15, 0.2) is 0 Å². The van der Waals surface area contributed by atoms with Crippen LogP contribution in [-0.4, -0.2) is 24.1 Å². The van der Waals surface area contributed by atoms with Gasteiger partial charge >= 0.3 is 6.18 Å². The van der Waals surface area contributed by atoms with Crippen molar-refractivity contribution in [3.05, 3.63) is 120 Å². The highest BCUT2D eigenvalue weighted by molar-refractivity contribution is 6.03. The van der Waals surface area contributed by atoms with Gasteiger partial charge in [-0.2, -0.15) is 13.2 Å².